The molecule has 0 unspecified atom stereocenters. The molecule has 13 nitrogen and oxygen atoms in total. The van der Waals surface area contributed by atoms with Gasteiger partial charge >= 0.3 is 12.1 Å². The van der Waals surface area contributed by atoms with Crippen LogP contribution in [-0.4, -0.2) is 92.5 Å². The number of nitrogens with zero attached hydrogens (tertiary/aromatic N) is 7. The van der Waals surface area contributed by atoms with Gasteiger partial charge in [-0.2, -0.15) is 28.6 Å². The maximum atomic E-state index is 12.8. The van der Waals surface area contributed by atoms with E-state index in [1.165, 1.54) is 0 Å². The number of amides is 1. The molecule has 2 aliphatic heterocycles. The average Bonchev–Trinajstić information content (AvgIpc) is 3.76. The molecule has 3 N–H and O–H groups in total. The van der Waals surface area contributed by atoms with E-state index in [4.69, 9.17) is 19.6 Å². The van der Waals surface area contributed by atoms with Crippen LogP contribution in [0, 0.1) is 11.3 Å². The zero-order chi connectivity index (χ0) is 35.3. The van der Waals surface area contributed by atoms with Crippen LogP contribution in [0.15, 0.2) is 49.2 Å². The van der Waals surface area contributed by atoms with Gasteiger partial charge in [-0.15, -0.1) is 0 Å². The number of ether oxygens (including phenoxy) is 1. The van der Waals surface area contributed by atoms with Gasteiger partial charge in [-0.25, -0.2) is 14.3 Å². The number of methoxy groups -OCH3 is 1. The number of carboxylic acid groups (broad SMARTS) is 1. The summed E-state index contributed by atoms with van der Waals surface area (Å²) in [6.07, 6.45) is 7.62. The molecular weight excluding hydrogens is 643 g/mol. The summed E-state index contributed by atoms with van der Waals surface area (Å²) in [5.74, 6) is -1.97. The monoisotopic (exact) mass is 681 g/mol. The Morgan fingerprint density at radius 3 is 2.35 bits per heavy atom. The van der Waals surface area contributed by atoms with Crippen LogP contribution >= 0.6 is 0 Å². The zero-order valence-corrected chi connectivity index (χ0v) is 27.4. The summed E-state index contributed by atoms with van der Waals surface area (Å²) in [7, 11) is 1.61. The lowest BCUT2D eigenvalue weighted by Crippen LogP contribution is -2.56. The molecule has 0 aromatic carbocycles. The van der Waals surface area contributed by atoms with E-state index in [-0.39, 0.29) is 11.9 Å². The predicted octanol–water partition coefficient (Wildman–Crippen LogP) is 4.20. The number of alkyl halides is 3. The maximum Gasteiger partial charge on any atom is 0.490 e. The van der Waals surface area contributed by atoms with Gasteiger partial charge in [-0.05, 0) is 58.0 Å². The Morgan fingerprint density at radius 1 is 1.08 bits per heavy atom. The van der Waals surface area contributed by atoms with Gasteiger partial charge in [0.15, 0.2) is 0 Å². The number of hydrogen-bond acceptors (Lipinski definition) is 9. The van der Waals surface area contributed by atoms with Gasteiger partial charge in [0.1, 0.15) is 17.5 Å². The van der Waals surface area contributed by atoms with Gasteiger partial charge in [-0.1, -0.05) is 0 Å². The van der Waals surface area contributed by atoms with Gasteiger partial charge in [-0.3, -0.25) is 9.48 Å². The first-order valence-electron chi connectivity index (χ1n) is 15.9. The van der Waals surface area contributed by atoms with E-state index < -0.39 is 17.7 Å². The molecule has 2 aliphatic rings. The molecule has 260 valence electrons. The molecule has 0 saturated carbocycles. The molecule has 0 aliphatic carbocycles. The number of nitriles is 1. The fourth-order valence-electron chi connectivity index (χ4n) is 6.09. The van der Waals surface area contributed by atoms with Crippen molar-refractivity contribution in [3.8, 4) is 28.3 Å². The Kier molecular flexibility index (Phi) is 10.5. The van der Waals surface area contributed by atoms with Gasteiger partial charge in [0.25, 0.3) is 5.91 Å². The van der Waals surface area contributed by atoms with E-state index in [2.05, 4.69) is 48.7 Å². The molecule has 6 heterocycles. The van der Waals surface area contributed by atoms with Crippen LogP contribution in [-0.2, 0) is 14.3 Å². The lowest BCUT2D eigenvalue weighted by molar-refractivity contribution is -0.192. The molecular formula is C33H38F3N9O4. The summed E-state index contributed by atoms with van der Waals surface area (Å²) in [4.78, 5) is 28.7. The highest BCUT2D eigenvalue weighted by molar-refractivity contribution is 5.88. The predicted molar refractivity (Wildman–Crippen MR) is 174 cm³/mol. The number of halogens is 3. The van der Waals surface area contributed by atoms with E-state index in [0.717, 1.165) is 59.5 Å². The zero-order valence-electron chi connectivity index (χ0n) is 27.4. The van der Waals surface area contributed by atoms with Crippen molar-refractivity contribution in [3.63, 3.8) is 0 Å². The standard InChI is InChI=1S/C31H37N9O2.C2HF3O2/c1-21(2)37-30(41)31(42-3)8-12-38(13-9-31)28-5-4-22(16-34-28)27-14-23(19-40-29(27)24(15-32)17-36-40)25-18-35-39(20-25)26-6-10-33-11-7-26;3-2(4,5)1(6)7/h4-5,14,16-21,26,33H,6-13H2,1-3H3,(H,37,41);(H,6,7). The number of piperidine rings is 2. The van der Waals surface area contributed by atoms with Crippen molar-refractivity contribution >= 4 is 23.2 Å². The van der Waals surface area contributed by atoms with Crippen molar-refractivity contribution in [2.75, 3.05) is 38.2 Å². The molecule has 0 atom stereocenters. The molecule has 4 aromatic heterocycles. The molecule has 49 heavy (non-hydrogen) atoms. The van der Waals surface area contributed by atoms with Crippen molar-refractivity contribution in [1.29, 1.82) is 5.26 Å². The lowest BCUT2D eigenvalue weighted by Gasteiger charge is -2.40. The van der Waals surface area contributed by atoms with Gasteiger partial charge in [0, 0.05) is 79.9 Å². The third kappa shape index (κ3) is 7.84. The van der Waals surface area contributed by atoms with E-state index >= 15 is 0 Å². The third-order valence-electron chi connectivity index (χ3n) is 8.77. The number of rotatable bonds is 7. The summed E-state index contributed by atoms with van der Waals surface area (Å²) in [6.45, 7) is 7.23. The van der Waals surface area contributed by atoms with Crippen LogP contribution in [0.5, 0.6) is 0 Å². The minimum absolute atomic E-state index is 0.0535. The second kappa shape index (κ2) is 14.6. The second-order valence-electron chi connectivity index (χ2n) is 12.3. The highest BCUT2D eigenvalue weighted by atomic mass is 19.4. The summed E-state index contributed by atoms with van der Waals surface area (Å²) < 4.78 is 41.3. The molecule has 16 heteroatoms. The second-order valence-corrected chi connectivity index (χ2v) is 12.3. The summed E-state index contributed by atoms with van der Waals surface area (Å²) >= 11 is 0. The number of aromatic nitrogens is 5. The maximum absolute atomic E-state index is 12.8. The number of anilines is 1. The number of hydrogen-bond donors (Lipinski definition) is 3. The lowest BCUT2D eigenvalue weighted by atomic mass is 9.89. The van der Waals surface area contributed by atoms with Crippen molar-refractivity contribution in [2.45, 2.75) is 63.4 Å². The fraction of sp³-hybridized carbons (Fsp3) is 0.455. The number of carbonyl (C=O) groups excluding carboxylic acids is 1. The number of aliphatic carboxylic acids is 1. The molecule has 0 spiro atoms. The first-order chi connectivity index (χ1) is 23.3. The molecule has 2 saturated heterocycles. The van der Waals surface area contributed by atoms with Crippen LogP contribution < -0.4 is 15.5 Å². The van der Waals surface area contributed by atoms with E-state index in [1.807, 2.05) is 44.6 Å². The number of pyridine rings is 2. The Labute approximate surface area is 280 Å². The third-order valence-corrected chi connectivity index (χ3v) is 8.77. The van der Waals surface area contributed by atoms with Gasteiger partial charge in [0.05, 0.1) is 29.5 Å². The van der Waals surface area contributed by atoms with Crippen LogP contribution in [0.2, 0.25) is 0 Å². The molecule has 4 aromatic rings. The first-order valence-corrected chi connectivity index (χ1v) is 15.9. The van der Waals surface area contributed by atoms with Crippen LogP contribution in [0.1, 0.15) is 51.1 Å². The molecule has 6 rings (SSSR count). The Balaban J connectivity index is 0.000000606. The summed E-state index contributed by atoms with van der Waals surface area (Å²) in [6, 6.07) is 8.88. The molecule has 0 bridgehead atoms. The van der Waals surface area contributed by atoms with Crippen molar-refractivity contribution < 1.29 is 32.6 Å². The van der Waals surface area contributed by atoms with E-state index in [9.17, 15) is 23.2 Å². The SMILES string of the molecule is COC1(C(=O)NC(C)C)CCN(c2ccc(-c3cc(-c4cnn(C5CCNCC5)c4)cn4ncc(C#N)c34)cn2)CC1.O=C(O)C(F)(F)F. The van der Waals surface area contributed by atoms with E-state index in [0.29, 0.717) is 37.5 Å². The van der Waals surface area contributed by atoms with E-state index in [1.54, 1.807) is 17.8 Å². The molecule has 2 fully saturated rings. The Hall–Kier alpha value is -5.01. The van der Waals surface area contributed by atoms with Crippen molar-refractivity contribution in [3.05, 3.63) is 54.7 Å². The minimum Gasteiger partial charge on any atom is -0.475 e. The van der Waals surface area contributed by atoms with Crippen molar-refractivity contribution in [2.24, 2.45) is 0 Å². The van der Waals surface area contributed by atoms with Crippen LogP contribution in [0.3, 0.4) is 0 Å². The topological polar surface area (TPSA) is 163 Å². The Bertz CT molecular complexity index is 1820. The van der Waals surface area contributed by atoms with Gasteiger partial charge < -0.3 is 25.4 Å². The minimum atomic E-state index is -5.08. The highest BCUT2D eigenvalue weighted by Crippen LogP contribution is 2.34. The van der Waals surface area contributed by atoms with Crippen LogP contribution in [0.4, 0.5) is 19.0 Å². The summed E-state index contributed by atoms with van der Waals surface area (Å²) in [5.41, 5.74) is 4.21. The smallest absolute Gasteiger partial charge is 0.475 e. The van der Waals surface area contributed by atoms with Crippen molar-refractivity contribution in [1.82, 2.24) is 35.0 Å². The number of carbonyl (C=O) groups is 2. The number of nitrogens with one attached hydrogen (secondary N) is 2. The summed E-state index contributed by atoms with van der Waals surface area (Å²) in [5, 5.41) is 32.5. The molecule has 1 amide bonds. The largest absolute Gasteiger partial charge is 0.490 e. The quantitative estimate of drug-likeness (QED) is 0.258. The van der Waals surface area contributed by atoms with Crippen LogP contribution in [0.25, 0.3) is 27.8 Å². The molecule has 0 radical (unpaired) electrons. The fourth-order valence-corrected chi connectivity index (χ4v) is 6.09. The number of fused-ring (bicyclic) bond motifs is 1. The van der Waals surface area contributed by atoms with Gasteiger partial charge in [0.2, 0.25) is 0 Å². The highest BCUT2D eigenvalue weighted by Gasteiger charge is 2.42. The average molecular weight is 682 g/mol. The normalized spacial score (nSPS) is 16.6. The number of carboxylic acids is 1. The first kappa shape index (κ1) is 35.3. The Morgan fingerprint density at radius 2 is 1.78 bits per heavy atom.